The molecule has 0 saturated carbocycles. The second kappa shape index (κ2) is 9.79. The largest absolute Gasteiger partial charge is 0.454 e. The monoisotopic (exact) mass is 459 g/mol. The molecule has 32 heavy (non-hydrogen) atoms. The van der Waals surface area contributed by atoms with Gasteiger partial charge in [0.2, 0.25) is 22.7 Å². The van der Waals surface area contributed by atoms with Crippen molar-refractivity contribution >= 4 is 21.6 Å². The van der Waals surface area contributed by atoms with Crippen LogP contribution in [0.4, 0.5) is 5.69 Å². The van der Waals surface area contributed by atoms with E-state index in [1.54, 1.807) is 12.1 Å². The Hall–Kier alpha value is -2.78. The van der Waals surface area contributed by atoms with Crippen molar-refractivity contribution in [3.63, 3.8) is 0 Å². The molecule has 1 fully saturated rings. The number of nitrogens with zero attached hydrogens (tertiary/aromatic N) is 3. The second-order valence-corrected chi connectivity index (χ2v) is 10.0. The minimum absolute atomic E-state index is 0.0780. The minimum Gasteiger partial charge on any atom is -0.454 e. The number of fused-ring (bicyclic) bond motifs is 1. The summed E-state index contributed by atoms with van der Waals surface area (Å²) in [5.41, 5.74) is 1.79. The topological polar surface area (TPSA) is 79.4 Å². The van der Waals surface area contributed by atoms with Gasteiger partial charge >= 0.3 is 0 Å². The van der Waals surface area contributed by atoms with E-state index < -0.39 is 10.0 Å². The third-order valence-corrected chi connectivity index (χ3v) is 6.96. The van der Waals surface area contributed by atoms with Crippen LogP contribution in [-0.4, -0.2) is 69.9 Å². The van der Waals surface area contributed by atoms with E-state index in [1.165, 1.54) is 10.6 Å². The summed E-state index contributed by atoms with van der Waals surface area (Å²) in [6, 6.07) is 15.0. The van der Waals surface area contributed by atoms with Gasteiger partial charge in [0, 0.05) is 45.7 Å². The lowest BCUT2D eigenvalue weighted by Gasteiger charge is -2.35. The van der Waals surface area contributed by atoms with Crippen LogP contribution in [0.5, 0.6) is 11.5 Å². The van der Waals surface area contributed by atoms with E-state index in [9.17, 15) is 13.2 Å². The molecule has 2 aliphatic heterocycles. The van der Waals surface area contributed by atoms with Gasteiger partial charge in [-0.2, -0.15) is 0 Å². The highest BCUT2D eigenvalue weighted by Crippen LogP contribution is 2.32. The normalized spacial score (nSPS) is 16.2. The van der Waals surface area contributed by atoms with E-state index in [1.807, 2.05) is 41.3 Å². The van der Waals surface area contributed by atoms with Crippen LogP contribution < -0.4 is 13.8 Å². The summed E-state index contributed by atoms with van der Waals surface area (Å²) in [5.74, 6) is 1.65. The van der Waals surface area contributed by atoms with Crippen molar-refractivity contribution in [1.29, 1.82) is 0 Å². The predicted octanol–water partition coefficient (Wildman–Crippen LogP) is 2.31. The zero-order valence-corrected chi connectivity index (χ0v) is 19.1. The van der Waals surface area contributed by atoms with Gasteiger partial charge in [-0.05, 0) is 36.2 Å². The second-order valence-electron chi connectivity index (χ2n) is 8.12. The Morgan fingerprint density at radius 3 is 2.44 bits per heavy atom. The van der Waals surface area contributed by atoms with Crippen LogP contribution >= 0.6 is 0 Å². The molecule has 0 aromatic heterocycles. The van der Waals surface area contributed by atoms with Crippen LogP contribution in [0.2, 0.25) is 0 Å². The van der Waals surface area contributed by atoms with E-state index in [0.717, 1.165) is 36.7 Å². The predicted molar refractivity (Wildman–Crippen MR) is 122 cm³/mol. The molecule has 8 nitrogen and oxygen atoms in total. The average molecular weight is 460 g/mol. The number of amides is 1. The maximum absolute atomic E-state index is 12.7. The number of hydrogen-bond donors (Lipinski definition) is 0. The van der Waals surface area contributed by atoms with Crippen molar-refractivity contribution in [2.75, 3.05) is 50.1 Å². The number of piperazine rings is 1. The van der Waals surface area contributed by atoms with E-state index in [-0.39, 0.29) is 12.7 Å². The molecular weight excluding hydrogens is 430 g/mol. The van der Waals surface area contributed by atoms with Crippen LogP contribution in [0.1, 0.15) is 18.4 Å². The Bertz CT molecular complexity index is 1040. The lowest BCUT2D eigenvalue weighted by atomic mass is 10.1. The first-order valence-corrected chi connectivity index (χ1v) is 12.7. The van der Waals surface area contributed by atoms with Gasteiger partial charge in [0.1, 0.15) is 0 Å². The summed E-state index contributed by atoms with van der Waals surface area (Å²) >= 11 is 0. The molecule has 172 valence electrons. The number of benzene rings is 2. The van der Waals surface area contributed by atoms with Crippen LogP contribution in [0.3, 0.4) is 0 Å². The Balaban J connectivity index is 1.23. The third-order valence-electron chi connectivity index (χ3n) is 5.76. The van der Waals surface area contributed by atoms with Gasteiger partial charge in [-0.25, -0.2) is 8.42 Å². The standard InChI is InChI=1S/C23H29N3O5S/c1-32(28,29)26(20-6-3-2-4-7-20)11-5-8-23(27)25-14-12-24(13-15-25)17-19-9-10-21-22(16-19)31-18-30-21/h2-4,6-7,9-10,16H,5,8,11-15,17-18H2,1H3. The van der Waals surface area contributed by atoms with Crippen molar-refractivity contribution < 1.29 is 22.7 Å². The molecule has 0 aliphatic carbocycles. The summed E-state index contributed by atoms with van der Waals surface area (Å²) in [6.45, 7) is 4.33. The van der Waals surface area contributed by atoms with Crippen molar-refractivity contribution in [2.45, 2.75) is 19.4 Å². The average Bonchev–Trinajstić information content (AvgIpc) is 3.25. The zero-order valence-electron chi connectivity index (χ0n) is 18.3. The molecule has 2 heterocycles. The number of sulfonamides is 1. The highest BCUT2D eigenvalue weighted by Gasteiger charge is 2.23. The van der Waals surface area contributed by atoms with Crippen LogP contribution in [0.25, 0.3) is 0 Å². The van der Waals surface area contributed by atoms with Gasteiger partial charge < -0.3 is 14.4 Å². The van der Waals surface area contributed by atoms with Gasteiger partial charge in [-0.3, -0.25) is 14.0 Å². The smallest absolute Gasteiger partial charge is 0.232 e. The van der Waals surface area contributed by atoms with Gasteiger partial charge in [0.15, 0.2) is 11.5 Å². The number of anilines is 1. The highest BCUT2D eigenvalue weighted by molar-refractivity contribution is 7.92. The van der Waals surface area contributed by atoms with E-state index in [4.69, 9.17) is 9.47 Å². The Morgan fingerprint density at radius 1 is 1.00 bits per heavy atom. The summed E-state index contributed by atoms with van der Waals surface area (Å²) in [5, 5.41) is 0. The molecule has 0 radical (unpaired) electrons. The summed E-state index contributed by atoms with van der Waals surface area (Å²) < 4.78 is 36.5. The molecule has 0 bridgehead atoms. The fourth-order valence-corrected chi connectivity index (χ4v) is 5.03. The Kier molecular flexibility index (Phi) is 6.86. The number of ether oxygens (including phenoxy) is 2. The number of hydrogen-bond acceptors (Lipinski definition) is 6. The Morgan fingerprint density at radius 2 is 1.72 bits per heavy atom. The molecule has 2 aromatic rings. The van der Waals surface area contributed by atoms with E-state index >= 15 is 0 Å². The third kappa shape index (κ3) is 5.52. The molecule has 9 heteroatoms. The van der Waals surface area contributed by atoms with Crippen LogP contribution in [0.15, 0.2) is 48.5 Å². The van der Waals surface area contributed by atoms with Crippen molar-refractivity contribution in [3.05, 3.63) is 54.1 Å². The number of carbonyl (C=O) groups is 1. The molecule has 2 aliphatic rings. The minimum atomic E-state index is -3.40. The number of rotatable bonds is 8. The van der Waals surface area contributed by atoms with Crippen LogP contribution in [0, 0.1) is 0 Å². The zero-order chi connectivity index (χ0) is 22.6. The summed E-state index contributed by atoms with van der Waals surface area (Å²) in [7, 11) is -3.40. The maximum atomic E-state index is 12.7. The Labute approximate surface area is 189 Å². The van der Waals surface area contributed by atoms with Crippen LogP contribution in [-0.2, 0) is 21.4 Å². The molecule has 4 rings (SSSR count). The van der Waals surface area contributed by atoms with Gasteiger partial charge in [-0.1, -0.05) is 24.3 Å². The highest BCUT2D eigenvalue weighted by atomic mass is 32.2. The maximum Gasteiger partial charge on any atom is 0.232 e. The fraction of sp³-hybridized carbons (Fsp3) is 0.435. The van der Waals surface area contributed by atoms with Gasteiger partial charge in [0.25, 0.3) is 0 Å². The van der Waals surface area contributed by atoms with Crippen molar-refractivity contribution in [1.82, 2.24) is 9.80 Å². The van der Waals surface area contributed by atoms with E-state index in [2.05, 4.69) is 4.90 Å². The van der Waals surface area contributed by atoms with Crippen molar-refractivity contribution in [3.8, 4) is 11.5 Å². The fourth-order valence-electron chi connectivity index (χ4n) is 4.07. The first kappa shape index (κ1) is 22.4. The van der Waals surface area contributed by atoms with Crippen molar-refractivity contribution in [2.24, 2.45) is 0 Å². The molecule has 0 atom stereocenters. The van der Waals surface area contributed by atoms with Gasteiger partial charge in [-0.15, -0.1) is 0 Å². The lowest BCUT2D eigenvalue weighted by molar-refractivity contribution is -0.133. The lowest BCUT2D eigenvalue weighted by Crippen LogP contribution is -2.48. The molecule has 2 aromatic carbocycles. The quantitative estimate of drug-likeness (QED) is 0.603. The summed E-state index contributed by atoms with van der Waals surface area (Å²) in [6.07, 6.45) is 2.01. The molecular formula is C23H29N3O5S. The molecule has 1 amide bonds. The van der Waals surface area contributed by atoms with E-state index in [0.29, 0.717) is 38.2 Å². The van der Waals surface area contributed by atoms with Gasteiger partial charge in [0.05, 0.1) is 11.9 Å². The SMILES string of the molecule is CS(=O)(=O)N(CCCC(=O)N1CCN(Cc2ccc3c(c2)OCO3)CC1)c1ccccc1. The number of carbonyl (C=O) groups excluding carboxylic acids is 1. The first-order chi connectivity index (χ1) is 15.4. The summed E-state index contributed by atoms with van der Waals surface area (Å²) in [4.78, 5) is 16.9. The first-order valence-electron chi connectivity index (χ1n) is 10.8. The molecule has 0 N–H and O–H groups in total. The molecule has 0 unspecified atom stereocenters. The molecule has 0 spiro atoms. The molecule has 1 saturated heterocycles. The number of para-hydroxylation sites is 1.